The van der Waals surface area contributed by atoms with Crippen LogP contribution in [0, 0.1) is 0 Å². The largest absolute Gasteiger partial charge is 0.453 e. The third-order valence-electron chi connectivity index (χ3n) is 2.24. The second-order valence-corrected chi connectivity index (χ2v) is 3.15. The van der Waals surface area contributed by atoms with Crippen LogP contribution in [0.25, 0.3) is 0 Å². The van der Waals surface area contributed by atoms with Crippen molar-refractivity contribution in [2.45, 2.75) is 6.04 Å². The zero-order chi connectivity index (χ0) is 10.8. The van der Waals surface area contributed by atoms with Gasteiger partial charge in [0.1, 0.15) is 6.04 Å². The van der Waals surface area contributed by atoms with Crippen molar-refractivity contribution < 1.29 is 14.3 Å². The van der Waals surface area contributed by atoms with Gasteiger partial charge in [0.15, 0.2) is 0 Å². The van der Waals surface area contributed by atoms with E-state index >= 15 is 0 Å². The average Bonchev–Trinajstić information content (AvgIpc) is 2.55. The second kappa shape index (κ2) is 3.61. The normalized spacial score (nSPS) is 17.9. The van der Waals surface area contributed by atoms with E-state index in [0.717, 1.165) is 11.3 Å². The number of anilines is 1. The zero-order valence-electron chi connectivity index (χ0n) is 8.11. The van der Waals surface area contributed by atoms with Crippen LogP contribution in [0.1, 0.15) is 11.6 Å². The summed E-state index contributed by atoms with van der Waals surface area (Å²) in [5, 5.41) is 5.13. The van der Waals surface area contributed by atoms with Gasteiger partial charge < -0.3 is 15.4 Å². The molecule has 0 saturated carbocycles. The van der Waals surface area contributed by atoms with Gasteiger partial charge in [0, 0.05) is 11.3 Å². The second-order valence-electron chi connectivity index (χ2n) is 3.15. The average molecular weight is 206 g/mol. The molecule has 0 bridgehead atoms. The van der Waals surface area contributed by atoms with E-state index in [-0.39, 0.29) is 5.91 Å². The summed E-state index contributed by atoms with van der Waals surface area (Å²) < 4.78 is 4.45. The van der Waals surface area contributed by atoms with Crippen LogP contribution in [-0.4, -0.2) is 19.1 Å². The summed E-state index contributed by atoms with van der Waals surface area (Å²) in [6, 6.07) is 6.54. The first-order valence-electron chi connectivity index (χ1n) is 4.46. The number of fused-ring (bicyclic) bond motifs is 1. The Morgan fingerprint density at radius 1 is 1.47 bits per heavy atom. The molecule has 0 radical (unpaired) electrons. The molecule has 0 aromatic heterocycles. The number of carbonyl (C=O) groups excluding carboxylic acids is 2. The Labute approximate surface area is 86.4 Å². The molecule has 2 amide bonds. The summed E-state index contributed by atoms with van der Waals surface area (Å²) in [6.07, 6.45) is -0.619. The van der Waals surface area contributed by atoms with E-state index in [1.807, 2.05) is 12.1 Å². The summed E-state index contributed by atoms with van der Waals surface area (Å²) in [7, 11) is 1.26. The van der Waals surface area contributed by atoms with Crippen molar-refractivity contribution in [2.75, 3.05) is 12.4 Å². The van der Waals surface area contributed by atoms with E-state index in [1.165, 1.54) is 7.11 Å². The number of nitrogens with one attached hydrogen (secondary N) is 2. The fourth-order valence-electron chi connectivity index (χ4n) is 1.53. The lowest BCUT2D eigenvalue weighted by Crippen LogP contribution is -2.32. The highest BCUT2D eigenvalue weighted by molar-refractivity contribution is 6.03. The Hall–Kier alpha value is -2.04. The molecule has 1 atom stereocenters. The first-order chi connectivity index (χ1) is 7.22. The molecule has 1 unspecified atom stereocenters. The van der Waals surface area contributed by atoms with E-state index in [9.17, 15) is 9.59 Å². The topological polar surface area (TPSA) is 67.4 Å². The molecule has 0 aliphatic carbocycles. The Bertz CT molecular complexity index is 417. The molecule has 1 aliphatic rings. The zero-order valence-corrected chi connectivity index (χ0v) is 8.11. The SMILES string of the molecule is COC(=O)NC1C(=O)Nc2ccccc21. The number of alkyl carbamates (subject to hydrolysis) is 1. The van der Waals surface area contributed by atoms with Crippen molar-refractivity contribution in [3.05, 3.63) is 29.8 Å². The summed E-state index contributed by atoms with van der Waals surface area (Å²) in [6.45, 7) is 0. The molecular weight excluding hydrogens is 196 g/mol. The van der Waals surface area contributed by atoms with Crippen LogP contribution in [-0.2, 0) is 9.53 Å². The summed E-state index contributed by atoms with van der Waals surface area (Å²) in [5.74, 6) is -0.249. The number of benzene rings is 1. The van der Waals surface area contributed by atoms with Crippen molar-refractivity contribution in [3.63, 3.8) is 0 Å². The Morgan fingerprint density at radius 2 is 2.20 bits per heavy atom. The molecule has 1 aliphatic heterocycles. The quantitative estimate of drug-likeness (QED) is 0.721. The maximum Gasteiger partial charge on any atom is 0.407 e. The Balaban J connectivity index is 2.26. The van der Waals surface area contributed by atoms with Crippen LogP contribution in [0.2, 0.25) is 0 Å². The van der Waals surface area contributed by atoms with E-state index in [0.29, 0.717) is 0 Å². The van der Waals surface area contributed by atoms with E-state index in [1.54, 1.807) is 12.1 Å². The van der Waals surface area contributed by atoms with Crippen molar-refractivity contribution in [1.82, 2.24) is 5.32 Å². The lowest BCUT2D eigenvalue weighted by Gasteiger charge is -2.09. The number of hydrogen-bond acceptors (Lipinski definition) is 3. The predicted molar refractivity (Wildman–Crippen MR) is 53.4 cm³/mol. The number of carbonyl (C=O) groups is 2. The van der Waals surface area contributed by atoms with Gasteiger partial charge in [-0.2, -0.15) is 0 Å². The minimum absolute atomic E-state index is 0.249. The molecule has 15 heavy (non-hydrogen) atoms. The van der Waals surface area contributed by atoms with Gasteiger partial charge in [-0.05, 0) is 6.07 Å². The monoisotopic (exact) mass is 206 g/mol. The summed E-state index contributed by atoms with van der Waals surface area (Å²) in [4.78, 5) is 22.5. The van der Waals surface area contributed by atoms with Gasteiger partial charge in [-0.3, -0.25) is 4.79 Å². The van der Waals surface area contributed by atoms with Crippen LogP contribution in [0.3, 0.4) is 0 Å². The van der Waals surface area contributed by atoms with Crippen molar-refractivity contribution in [2.24, 2.45) is 0 Å². The number of rotatable bonds is 1. The van der Waals surface area contributed by atoms with Gasteiger partial charge in [-0.1, -0.05) is 18.2 Å². The first kappa shape index (κ1) is 9.51. The lowest BCUT2D eigenvalue weighted by atomic mass is 10.1. The number of ether oxygens (including phenoxy) is 1. The molecular formula is C10H10N2O3. The maximum absolute atomic E-state index is 11.5. The fraction of sp³-hybridized carbons (Fsp3) is 0.200. The summed E-state index contributed by atoms with van der Waals surface area (Å²) >= 11 is 0. The van der Waals surface area contributed by atoms with Gasteiger partial charge in [0.25, 0.3) is 5.91 Å². The Morgan fingerprint density at radius 3 is 2.93 bits per heavy atom. The van der Waals surface area contributed by atoms with Crippen LogP contribution in [0.4, 0.5) is 10.5 Å². The number of methoxy groups -OCH3 is 1. The minimum atomic E-state index is -0.659. The van der Waals surface area contributed by atoms with Crippen LogP contribution in [0.15, 0.2) is 24.3 Å². The molecule has 0 fully saturated rings. The fourth-order valence-corrected chi connectivity index (χ4v) is 1.53. The molecule has 78 valence electrons. The molecule has 1 aromatic carbocycles. The standard InChI is InChI=1S/C10H10N2O3/c1-15-10(14)12-8-6-4-2-3-5-7(6)11-9(8)13/h2-5,8H,1H3,(H,11,13)(H,12,14). The molecule has 1 aromatic rings. The smallest absolute Gasteiger partial charge is 0.407 e. The van der Waals surface area contributed by atoms with Gasteiger partial charge >= 0.3 is 6.09 Å². The third-order valence-corrected chi connectivity index (χ3v) is 2.24. The molecule has 2 rings (SSSR count). The van der Waals surface area contributed by atoms with Gasteiger partial charge in [-0.15, -0.1) is 0 Å². The summed E-state index contributed by atoms with van der Waals surface area (Å²) in [5.41, 5.74) is 1.48. The Kier molecular flexibility index (Phi) is 2.29. The molecule has 0 spiro atoms. The number of amides is 2. The molecule has 0 saturated heterocycles. The number of hydrogen-bond donors (Lipinski definition) is 2. The highest BCUT2D eigenvalue weighted by Gasteiger charge is 2.31. The minimum Gasteiger partial charge on any atom is -0.453 e. The number of para-hydroxylation sites is 1. The first-order valence-corrected chi connectivity index (χ1v) is 4.46. The van der Waals surface area contributed by atoms with Crippen molar-refractivity contribution in [1.29, 1.82) is 0 Å². The predicted octanol–water partition coefficient (Wildman–Crippen LogP) is 1.04. The van der Waals surface area contributed by atoms with Gasteiger partial charge in [0.2, 0.25) is 0 Å². The maximum atomic E-state index is 11.5. The highest BCUT2D eigenvalue weighted by Crippen LogP contribution is 2.29. The van der Waals surface area contributed by atoms with Crippen molar-refractivity contribution >= 4 is 17.7 Å². The van der Waals surface area contributed by atoms with E-state index < -0.39 is 12.1 Å². The lowest BCUT2D eigenvalue weighted by molar-refractivity contribution is -0.117. The molecule has 5 heteroatoms. The molecule has 1 heterocycles. The van der Waals surface area contributed by atoms with E-state index in [4.69, 9.17) is 0 Å². The van der Waals surface area contributed by atoms with Crippen LogP contribution < -0.4 is 10.6 Å². The third kappa shape index (κ3) is 1.63. The van der Waals surface area contributed by atoms with Crippen molar-refractivity contribution in [3.8, 4) is 0 Å². The van der Waals surface area contributed by atoms with Crippen LogP contribution in [0.5, 0.6) is 0 Å². The van der Waals surface area contributed by atoms with Crippen LogP contribution >= 0.6 is 0 Å². The highest BCUT2D eigenvalue weighted by atomic mass is 16.5. The van der Waals surface area contributed by atoms with Gasteiger partial charge in [-0.25, -0.2) is 4.79 Å². The molecule has 5 nitrogen and oxygen atoms in total. The molecule has 2 N–H and O–H groups in total. The van der Waals surface area contributed by atoms with E-state index in [2.05, 4.69) is 15.4 Å². The van der Waals surface area contributed by atoms with Gasteiger partial charge in [0.05, 0.1) is 7.11 Å².